The van der Waals surface area contributed by atoms with E-state index in [4.69, 9.17) is 0 Å². The summed E-state index contributed by atoms with van der Waals surface area (Å²) in [7, 11) is 0. The van der Waals surface area contributed by atoms with Crippen molar-refractivity contribution in [2.45, 2.75) is 12.8 Å². The van der Waals surface area contributed by atoms with E-state index in [0.717, 1.165) is 0 Å². The van der Waals surface area contributed by atoms with Gasteiger partial charge in [-0.1, -0.05) is 0 Å². The van der Waals surface area contributed by atoms with Gasteiger partial charge in [0.1, 0.15) is 0 Å². The number of rotatable bonds is 1. The van der Waals surface area contributed by atoms with Crippen LogP contribution in [0, 0.1) is 0 Å². The number of hydrogen-bond donors (Lipinski definition) is 0. The summed E-state index contributed by atoms with van der Waals surface area (Å²) in [5, 5.41) is 0. The molecule has 0 aliphatic carbocycles. The molecule has 0 aromatic carbocycles. The molecule has 1 radical (unpaired) electrons. The van der Waals surface area contributed by atoms with E-state index >= 15 is 0 Å². The molecule has 0 unspecified atom stereocenters. The van der Waals surface area contributed by atoms with Crippen molar-refractivity contribution in [3.63, 3.8) is 0 Å². The zero-order valence-electron chi connectivity index (χ0n) is 5.10. The van der Waals surface area contributed by atoms with E-state index in [1.165, 1.54) is 0 Å². The molecule has 12 heavy (non-hydrogen) atoms. The summed E-state index contributed by atoms with van der Waals surface area (Å²) >= 11 is -6.63. The molecular formula is C3HF8Sn. The minimum atomic E-state index is -6.63. The van der Waals surface area contributed by atoms with E-state index in [2.05, 4.69) is 0 Å². The van der Waals surface area contributed by atoms with Gasteiger partial charge in [0, 0.05) is 0 Å². The van der Waals surface area contributed by atoms with E-state index in [1.807, 2.05) is 0 Å². The predicted molar refractivity (Wildman–Crippen MR) is 23.9 cm³/mol. The normalized spacial score (nSPS) is 14.5. The Hall–Kier alpha value is 0.239. The van der Waals surface area contributed by atoms with Gasteiger partial charge in [-0.25, -0.2) is 0 Å². The second kappa shape index (κ2) is 3.54. The molecule has 0 aliphatic rings. The van der Waals surface area contributed by atoms with Gasteiger partial charge in [0.15, 0.2) is 0 Å². The third-order valence-corrected chi connectivity index (χ3v) is 5.56. The average Bonchev–Trinajstić information content (AvgIpc) is 1.49. The van der Waals surface area contributed by atoms with Crippen molar-refractivity contribution in [2.24, 2.45) is 0 Å². The van der Waals surface area contributed by atoms with E-state index in [9.17, 15) is 35.1 Å². The Bertz CT molecular complexity index is 129. The predicted octanol–water partition coefficient (Wildman–Crippen LogP) is 2.49. The van der Waals surface area contributed by atoms with Gasteiger partial charge in [-0.15, -0.1) is 0 Å². The maximum absolute atomic E-state index is 11.4. The van der Waals surface area contributed by atoms with Crippen molar-refractivity contribution in [3.05, 3.63) is 0 Å². The zero-order chi connectivity index (χ0) is 10.2. The third kappa shape index (κ3) is 3.31. The van der Waals surface area contributed by atoms with Gasteiger partial charge >= 0.3 is 67.7 Å². The Kier molecular flexibility index (Phi) is 3.61. The molecule has 0 fully saturated rings. The molecule has 0 saturated heterocycles. The van der Waals surface area contributed by atoms with Gasteiger partial charge in [0.25, 0.3) is 0 Å². The van der Waals surface area contributed by atoms with Crippen LogP contribution in [0.5, 0.6) is 0 Å². The van der Waals surface area contributed by atoms with Gasteiger partial charge in [0.05, 0.1) is 0 Å². The fraction of sp³-hybridized carbons (Fsp3) is 1.00. The van der Waals surface area contributed by atoms with E-state index in [-0.39, 0.29) is 0 Å². The molecule has 0 rings (SSSR count). The summed E-state index contributed by atoms with van der Waals surface area (Å²) in [6.07, 6.45) is 0. The van der Waals surface area contributed by atoms with Crippen LogP contribution < -0.4 is 0 Å². The SMILES string of the molecule is F[CH](F)[Sn]([C](F)(F)F)[C](F)(F)F. The van der Waals surface area contributed by atoms with Gasteiger partial charge < -0.3 is 0 Å². The van der Waals surface area contributed by atoms with Crippen LogP contribution in [0.4, 0.5) is 35.1 Å². The molecule has 0 aromatic heterocycles. The quantitative estimate of drug-likeness (QED) is 0.516. The van der Waals surface area contributed by atoms with Gasteiger partial charge in [-0.05, 0) is 0 Å². The second-order valence-electron chi connectivity index (χ2n) is 1.71. The summed E-state index contributed by atoms with van der Waals surface area (Å²) in [5.41, 5.74) is 0. The Labute approximate surface area is 68.3 Å². The number of alkyl halides is 8. The van der Waals surface area contributed by atoms with Crippen molar-refractivity contribution < 1.29 is 35.1 Å². The van der Waals surface area contributed by atoms with Crippen molar-refractivity contribution in [3.8, 4) is 0 Å². The van der Waals surface area contributed by atoms with Gasteiger partial charge in [0.2, 0.25) is 0 Å². The van der Waals surface area contributed by atoms with Crippen LogP contribution in [0.25, 0.3) is 0 Å². The molecule has 9 heteroatoms. The van der Waals surface area contributed by atoms with Crippen molar-refractivity contribution in [1.29, 1.82) is 0 Å². The standard InChI is InChI=1S/2CF3.CHF2.Sn/c2*2-1(3)4;2-1-3;/h;;1H;. The first kappa shape index (κ1) is 12.2. The van der Waals surface area contributed by atoms with Crippen LogP contribution >= 0.6 is 0 Å². The molecular weight excluding hydrogens is 307 g/mol. The number of halogens is 8. The van der Waals surface area contributed by atoms with Crippen molar-refractivity contribution in [1.82, 2.24) is 0 Å². The molecule has 0 amide bonds. The first-order valence-corrected chi connectivity index (χ1v) is 6.86. The molecule has 0 bridgehead atoms. The molecule has 0 N–H and O–H groups in total. The molecule has 0 spiro atoms. The fourth-order valence-corrected chi connectivity index (χ4v) is 2.74. The molecule has 73 valence electrons. The Morgan fingerprint density at radius 1 is 0.750 bits per heavy atom. The molecule has 0 atom stereocenters. The average molecular weight is 308 g/mol. The topological polar surface area (TPSA) is 0 Å². The Morgan fingerprint density at radius 2 is 1.00 bits per heavy atom. The maximum atomic E-state index is 11.4. The van der Waals surface area contributed by atoms with Crippen LogP contribution in [0.2, 0.25) is 0 Å². The zero-order valence-corrected chi connectivity index (χ0v) is 7.96. The monoisotopic (exact) mass is 309 g/mol. The van der Waals surface area contributed by atoms with Gasteiger partial charge in [-0.3, -0.25) is 0 Å². The summed E-state index contributed by atoms with van der Waals surface area (Å²) in [5.74, 6) is 0. The van der Waals surface area contributed by atoms with Crippen LogP contribution in [0.15, 0.2) is 0 Å². The first-order valence-electron chi connectivity index (χ1n) is 2.36. The second-order valence-corrected chi connectivity index (χ2v) is 8.55. The van der Waals surface area contributed by atoms with Crippen LogP contribution in [-0.2, 0) is 0 Å². The first-order chi connectivity index (χ1) is 5.07. The summed E-state index contributed by atoms with van der Waals surface area (Å²) in [6, 6.07) is 0. The van der Waals surface area contributed by atoms with Crippen LogP contribution in [-0.4, -0.2) is 32.6 Å². The summed E-state index contributed by atoms with van der Waals surface area (Å²) < 4.78 is 75.0. The molecule has 0 aromatic rings. The van der Waals surface area contributed by atoms with Crippen molar-refractivity contribution in [2.75, 3.05) is 0 Å². The molecule has 0 nitrogen and oxygen atoms in total. The van der Waals surface area contributed by atoms with Crippen LogP contribution in [0.3, 0.4) is 0 Å². The fourth-order valence-electron chi connectivity index (χ4n) is 0.408. The molecule has 0 aliphatic heterocycles. The van der Waals surface area contributed by atoms with E-state index in [1.54, 1.807) is 0 Å². The molecule has 0 heterocycles. The van der Waals surface area contributed by atoms with Crippen molar-refractivity contribution >= 4 is 19.8 Å². The summed E-state index contributed by atoms with van der Waals surface area (Å²) in [6.45, 7) is 0. The van der Waals surface area contributed by atoms with E-state index in [0.29, 0.717) is 0 Å². The Balaban J connectivity index is 4.70. The third-order valence-electron chi connectivity index (χ3n) is 0.829. The minimum absolute atomic E-state index is 4.28. The van der Waals surface area contributed by atoms with E-state index < -0.39 is 32.6 Å². The Morgan fingerprint density at radius 3 is 1.00 bits per heavy atom. The van der Waals surface area contributed by atoms with Gasteiger partial charge in [-0.2, -0.15) is 0 Å². The van der Waals surface area contributed by atoms with Crippen LogP contribution in [0.1, 0.15) is 0 Å². The number of hydrogen-bond acceptors (Lipinski definition) is 0. The molecule has 0 saturated carbocycles. The summed E-state index contributed by atoms with van der Waals surface area (Å²) in [4.78, 5) is 0.